The Morgan fingerprint density at radius 1 is 1.00 bits per heavy atom. The van der Waals surface area contributed by atoms with E-state index >= 15 is 0 Å². The van der Waals surface area contributed by atoms with Gasteiger partial charge in [-0.05, 0) is 41.8 Å². The van der Waals surface area contributed by atoms with E-state index in [-0.39, 0.29) is 31.8 Å². The van der Waals surface area contributed by atoms with E-state index in [0.29, 0.717) is 17.0 Å². The van der Waals surface area contributed by atoms with Crippen LogP contribution in [0.2, 0.25) is 5.02 Å². The van der Waals surface area contributed by atoms with E-state index in [9.17, 15) is 18.4 Å². The SMILES string of the molecule is COC(=O)CCN(Cc1ccc(F)c(F)c1)C(=O)CCc1ccc(Cl)cc1. The molecule has 27 heavy (non-hydrogen) atoms. The smallest absolute Gasteiger partial charge is 0.307 e. The van der Waals surface area contributed by atoms with E-state index in [1.54, 1.807) is 12.1 Å². The second-order valence-corrected chi connectivity index (χ2v) is 6.45. The summed E-state index contributed by atoms with van der Waals surface area (Å²) in [7, 11) is 1.27. The number of nitrogens with zero attached hydrogens (tertiary/aromatic N) is 1. The van der Waals surface area contributed by atoms with Gasteiger partial charge >= 0.3 is 5.97 Å². The average molecular weight is 396 g/mol. The molecule has 0 aliphatic heterocycles. The maximum atomic E-state index is 13.4. The first-order valence-electron chi connectivity index (χ1n) is 8.42. The zero-order chi connectivity index (χ0) is 19.8. The Morgan fingerprint density at radius 3 is 2.30 bits per heavy atom. The summed E-state index contributed by atoms with van der Waals surface area (Å²) in [5.41, 5.74) is 1.40. The molecule has 0 bridgehead atoms. The Hall–Kier alpha value is -2.47. The molecule has 4 nitrogen and oxygen atoms in total. The number of hydrogen-bond donors (Lipinski definition) is 0. The number of rotatable bonds is 8. The average Bonchev–Trinajstić information content (AvgIpc) is 2.66. The third kappa shape index (κ3) is 6.64. The van der Waals surface area contributed by atoms with E-state index in [1.807, 2.05) is 12.1 Å². The molecule has 0 unspecified atom stereocenters. The zero-order valence-corrected chi connectivity index (χ0v) is 15.6. The summed E-state index contributed by atoms with van der Waals surface area (Å²) in [6.45, 7) is 0.207. The van der Waals surface area contributed by atoms with Crippen molar-refractivity contribution >= 4 is 23.5 Å². The topological polar surface area (TPSA) is 46.6 Å². The minimum absolute atomic E-state index is 0.0207. The summed E-state index contributed by atoms with van der Waals surface area (Å²) in [4.78, 5) is 25.5. The van der Waals surface area contributed by atoms with Gasteiger partial charge in [0, 0.05) is 24.5 Å². The van der Waals surface area contributed by atoms with Crippen molar-refractivity contribution in [1.82, 2.24) is 4.90 Å². The van der Waals surface area contributed by atoms with Gasteiger partial charge in [0.15, 0.2) is 11.6 Å². The van der Waals surface area contributed by atoms with Gasteiger partial charge in [0.2, 0.25) is 5.91 Å². The lowest BCUT2D eigenvalue weighted by Gasteiger charge is -2.22. The molecule has 2 rings (SSSR count). The number of methoxy groups -OCH3 is 1. The normalized spacial score (nSPS) is 10.5. The molecule has 0 radical (unpaired) electrons. The quantitative estimate of drug-likeness (QED) is 0.631. The van der Waals surface area contributed by atoms with Crippen LogP contribution in [0.25, 0.3) is 0 Å². The number of halogens is 3. The van der Waals surface area contributed by atoms with Crippen molar-refractivity contribution in [2.45, 2.75) is 25.8 Å². The number of benzene rings is 2. The molecule has 7 heteroatoms. The van der Waals surface area contributed by atoms with Crippen molar-refractivity contribution < 1.29 is 23.1 Å². The Morgan fingerprint density at radius 2 is 1.67 bits per heavy atom. The van der Waals surface area contributed by atoms with Gasteiger partial charge in [-0.3, -0.25) is 9.59 Å². The molecule has 0 aliphatic rings. The molecule has 0 N–H and O–H groups in total. The molecular formula is C20H20ClF2NO3. The summed E-state index contributed by atoms with van der Waals surface area (Å²) >= 11 is 5.85. The van der Waals surface area contributed by atoms with Crippen LogP contribution < -0.4 is 0 Å². The molecule has 0 heterocycles. The van der Waals surface area contributed by atoms with Crippen LogP contribution in [0.5, 0.6) is 0 Å². The highest BCUT2D eigenvalue weighted by Crippen LogP contribution is 2.15. The van der Waals surface area contributed by atoms with Crippen molar-refractivity contribution in [3.05, 3.63) is 70.2 Å². The van der Waals surface area contributed by atoms with E-state index in [0.717, 1.165) is 17.7 Å². The summed E-state index contributed by atoms with van der Waals surface area (Å²) < 4.78 is 31.2. The second-order valence-electron chi connectivity index (χ2n) is 6.02. The molecule has 0 aromatic heterocycles. The van der Waals surface area contributed by atoms with Crippen molar-refractivity contribution in [1.29, 1.82) is 0 Å². The minimum atomic E-state index is -0.978. The van der Waals surface area contributed by atoms with Gasteiger partial charge in [-0.25, -0.2) is 8.78 Å². The van der Waals surface area contributed by atoms with Gasteiger partial charge in [-0.15, -0.1) is 0 Å². The Labute approximate surface area is 161 Å². The Bertz CT molecular complexity index is 796. The van der Waals surface area contributed by atoms with E-state index in [4.69, 9.17) is 11.6 Å². The molecule has 0 atom stereocenters. The predicted octanol–water partition coefficient (Wildman–Crippen LogP) is 4.14. The first kappa shape index (κ1) is 20.8. The minimum Gasteiger partial charge on any atom is -0.469 e. The van der Waals surface area contributed by atoms with Gasteiger partial charge < -0.3 is 9.64 Å². The maximum Gasteiger partial charge on any atom is 0.307 e. The highest BCUT2D eigenvalue weighted by molar-refractivity contribution is 6.30. The number of hydrogen-bond acceptors (Lipinski definition) is 3. The fourth-order valence-electron chi connectivity index (χ4n) is 2.54. The molecule has 2 aromatic carbocycles. The van der Waals surface area contributed by atoms with Crippen LogP contribution in [0, 0.1) is 11.6 Å². The van der Waals surface area contributed by atoms with Gasteiger partial charge in [-0.2, -0.15) is 0 Å². The summed E-state index contributed by atoms with van der Waals surface area (Å²) in [6, 6.07) is 10.6. The molecule has 0 saturated carbocycles. The van der Waals surface area contributed by atoms with Crippen LogP contribution in [-0.4, -0.2) is 30.4 Å². The molecule has 1 amide bonds. The summed E-state index contributed by atoms with van der Waals surface area (Å²) in [5.74, 6) is -2.57. The lowest BCUT2D eigenvalue weighted by Crippen LogP contribution is -2.33. The molecule has 0 spiro atoms. The van der Waals surface area contributed by atoms with Gasteiger partial charge in [-0.1, -0.05) is 29.8 Å². The van der Waals surface area contributed by atoms with Crippen molar-refractivity contribution in [2.24, 2.45) is 0 Å². The number of aryl methyl sites for hydroxylation is 1. The highest BCUT2D eigenvalue weighted by Gasteiger charge is 2.17. The van der Waals surface area contributed by atoms with Crippen molar-refractivity contribution in [2.75, 3.05) is 13.7 Å². The third-order valence-electron chi connectivity index (χ3n) is 4.06. The second kappa shape index (κ2) is 10.0. The monoisotopic (exact) mass is 395 g/mol. The first-order valence-corrected chi connectivity index (χ1v) is 8.80. The number of ether oxygens (including phenoxy) is 1. The zero-order valence-electron chi connectivity index (χ0n) is 14.9. The summed E-state index contributed by atoms with van der Waals surface area (Å²) in [6.07, 6.45) is 0.738. The third-order valence-corrected chi connectivity index (χ3v) is 4.32. The lowest BCUT2D eigenvalue weighted by molar-refractivity contribution is -0.142. The largest absolute Gasteiger partial charge is 0.469 e. The van der Waals surface area contributed by atoms with Crippen LogP contribution in [0.3, 0.4) is 0 Å². The fourth-order valence-corrected chi connectivity index (χ4v) is 2.67. The number of esters is 1. The van der Waals surface area contributed by atoms with Gasteiger partial charge in [0.25, 0.3) is 0 Å². The Kier molecular flexibility index (Phi) is 7.73. The van der Waals surface area contributed by atoms with Gasteiger partial charge in [0.05, 0.1) is 13.5 Å². The molecular weight excluding hydrogens is 376 g/mol. The van der Waals surface area contributed by atoms with E-state index in [2.05, 4.69) is 4.74 Å². The van der Waals surface area contributed by atoms with Crippen LogP contribution in [-0.2, 0) is 27.3 Å². The van der Waals surface area contributed by atoms with Crippen LogP contribution in [0.1, 0.15) is 24.0 Å². The fraction of sp³-hybridized carbons (Fsp3) is 0.300. The van der Waals surface area contributed by atoms with Crippen LogP contribution in [0.15, 0.2) is 42.5 Å². The highest BCUT2D eigenvalue weighted by atomic mass is 35.5. The number of carbonyl (C=O) groups is 2. The number of amides is 1. The first-order chi connectivity index (χ1) is 12.9. The molecule has 2 aromatic rings. The number of carbonyl (C=O) groups excluding carboxylic acids is 2. The van der Waals surface area contributed by atoms with Crippen molar-refractivity contribution in [3.63, 3.8) is 0 Å². The van der Waals surface area contributed by atoms with Crippen LogP contribution in [0.4, 0.5) is 8.78 Å². The van der Waals surface area contributed by atoms with Gasteiger partial charge in [0.1, 0.15) is 0 Å². The standard InChI is InChI=1S/C20H20ClF2NO3/c1-27-20(26)10-11-24(13-15-4-8-17(22)18(23)12-15)19(25)9-5-14-2-6-16(21)7-3-14/h2-4,6-8,12H,5,9-11,13H2,1H3. The maximum absolute atomic E-state index is 13.4. The van der Waals surface area contributed by atoms with Crippen LogP contribution >= 0.6 is 11.6 Å². The van der Waals surface area contributed by atoms with E-state index in [1.165, 1.54) is 18.1 Å². The molecule has 144 valence electrons. The molecule has 0 saturated heterocycles. The summed E-state index contributed by atoms with van der Waals surface area (Å²) in [5, 5.41) is 0.614. The molecule has 0 fully saturated rings. The van der Waals surface area contributed by atoms with Crippen molar-refractivity contribution in [3.8, 4) is 0 Å². The Balaban J connectivity index is 2.04. The molecule has 0 aliphatic carbocycles. The lowest BCUT2D eigenvalue weighted by atomic mass is 10.1. The predicted molar refractivity (Wildman–Crippen MR) is 98.2 cm³/mol. The van der Waals surface area contributed by atoms with E-state index < -0.39 is 17.6 Å².